The van der Waals surface area contributed by atoms with Gasteiger partial charge in [-0.1, -0.05) is 27.7 Å². The Kier molecular flexibility index (Phi) is 3.66. The summed E-state index contributed by atoms with van der Waals surface area (Å²) in [5.41, 5.74) is -0.00882. The van der Waals surface area contributed by atoms with Crippen LogP contribution in [-0.4, -0.2) is 11.6 Å². The van der Waals surface area contributed by atoms with Crippen molar-refractivity contribution in [2.45, 2.75) is 53.0 Å². The molecule has 1 atom stereocenters. The van der Waals surface area contributed by atoms with Gasteiger partial charge in [-0.05, 0) is 25.2 Å². The van der Waals surface area contributed by atoms with Gasteiger partial charge in [-0.25, -0.2) is 4.79 Å². The highest BCUT2D eigenvalue weighted by Gasteiger charge is 2.27. The minimum absolute atomic E-state index is 0.213. The average molecular weight is 169 g/mol. The lowest BCUT2D eigenvalue weighted by atomic mass is 9.80. The molecule has 0 bridgehead atoms. The molecule has 0 amide bonds. The molecule has 0 saturated heterocycles. The molecule has 0 spiro atoms. The predicted molar refractivity (Wildman–Crippen MR) is 50.9 cm³/mol. The van der Waals surface area contributed by atoms with E-state index in [2.05, 4.69) is 25.8 Å². The lowest BCUT2D eigenvalue weighted by Gasteiger charge is -2.29. The van der Waals surface area contributed by atoms with Gasteiger partial charge in [-0.15, -0.1) is 0 Å². The van der Waals surface area contributed by atoms with Crippen molar-refractivity contribution in [1.29, 1.82) is 0 Å². The van der Waals surface area contributed by atoms with Crippen molar-refractivity contribution in [2.75, 3.05) is 0 Å². The summed E-state index contributed by atoms with van der Waals surface area (Å²) in [5, 5.41) is 0. The molecule has 0 rings (SSSR count). The summed E-state index contributed by atoms with van der Waals surface area (Å²) in [6.07, 6.45) is 3.47. The van der Waals surface area contributed by atoms with Crippen molar-refractivity contribution in [3.05, 3.63) is 0 Å². The largest absolute Gasteiger partial charge is 0.235 e. The summed E-state index contributed by atoms with van der Waals surface area (Å²) in [7, 11) is 0. The zero-order chi connectivity index (χ0) is 9.83. The van der Waals surface area contributed by atoms with Gasteiger partial charge in [0.15, 0.2) is 0 Å². The molecule has 0 aromatic heterocycles. The van der Waals surface area contributed by atoms with Crippen LogP contribution in [0.5, 0.6) is 0 Å². The van der Waals surface area contributed by atoms with E-state index in [1.807, 2.05) is 13.8 Å². The number of aliphatic imine (C=N–C) groups is 1. The first-order valence-electron chi connectivity index (χ1n) is 4.42. The van der Waals surface area contributed by atoms with Gasteiger partial charge in [-0.2, -0.15) is 4.99 Å². The van der Waals surface area contributed by atoms with E-state index in [1.54, 1.807) is 6.08 Å². The molecule has 2 heteroatoms. The zero-order valence-electron chi connectivity index (χ0n) is 8.77. The van der Waals surface area contributed by atoms with Crippen LogP contribution in [0.15, 0.2) is 4.99 Å². The lowest BCUT2D eigenvalue weighted by Crippen LogP contribution is -2.27. The van der Waals surface area contributed by atoms with Crippen LogP contribution in [0.25, 0.3) is 0 Å². The number of isocyanates is 1. The van der Waals surface area contributed by atoms with Crippen LogP contribution < -0.4 is 0 Å². The van der Waals surface area contributed by atoms with Gasteiger partial charge in [0.2, 0.25) is 6.08 Å². The van der Waals surface area contributed by atoms with E-state index in [4.69, 9.17) is 0 Å². The Hall–Kier alpha value is -0.620. The smallest absolute Gasteiger partial charge is 0.211 e. The highest BCUT2D eigenvalue weighted by molar-refractivity contribution is 5.34. The van der Waals surface area contributed by atoms with Gasteiger partial charge in [0.25, 0.3) is 0 Å². The van der Waals surface area contributed by atoms with Crippen LogP contribution in [0, 0.1) is 5.41 Å². The van der Waals surface area contributed by atoms with Gasteiger partial charge < -0.3 is 0 Å². The van der Waals surface area contributed by atoms with Crippen molar-refractivity contribution in [2.24, 2.45) is 10.4 Å². The van der Waals surface area contributed by atoms with Crippen molar-refractivity contribution in [3.63, 3.8) is 0 Å². The Labute approximate surface area is 75.1 Å². The Morgan fingerprint density at radius 2 is 1.75 bits per heavy atom. The van der Waals surface area contributed by atoms with Crippen molar-refractivity contribution >= 4 is 6.08 Å². The molecular weight excluding hydrogens is 150 g/mol. The molecule has 0 fully saturated rings. The molecule has 0 heterocycles. The van der Waals surface area contributed by atoms with E-state index in [0.29, 0.717) is 0 Å². The molecular formula is C10H19NO. The first-order valence-corrected chi connectivity index (χ1v) is 4.42. The maximum absolute atomic E-state index is 10.2. The van der Waals surface area contributed by atoms with E-state index in [1.165, 1.54) is 0 Å². The molecule has 0 aliphatic carbocycles. The third kappa shape index (κ3) is 4.30. The highest BCUT2D eigenvalue weighted by Crippen LogP contribution is 2.31. The van der Waals surface area contributed by atoms with Gasteiger partial charge in [0, 0.05) is 0 Å². The highest BCUT2D eigenvalue weighted by atomic mass is 16.1. The minimum Gasteiger partial charge on any atom is -0.211 e. The molecule has 0 aromatic rings. The summed E-state index contributed by atoms with van der Waals surface area (Å²) in [4.78, 5) is 14.0. The zero-order valence-corrected chi connectivity index (χ0v) is 8.77. The maximum Gasteiger partial charge on any atom is 0.235 e. The molecule has 1 unspecified atom stereocenters. The monoisotopic (exact) mass is 169 g/mol. The molecule has 0 saturated carbocycles. The van der Waals surface area contributed by atoms with E-state index in [-0.39, 0.29) is 11.0 Å². The van der Waals surface area contributed by atoms with E-state index < -0.39 is 0 Å². The quantitative estimate of drug-likeness (QED) is 0.472. The molecule has 2 nitrogen and oxygen atoms in total. The normalized spacial score (nSPS) is 16.4. The Morgan fingerprint density at radius 3 is 2.00 bits per heavy atom. The molecule has 0 aliphatic heterocycles. The second kappa shape index (κ2) is 3.86. The first kappa shape index (κ1) is 11.4. The second-order valence-corrected chi connectivity index (χ2v) is 4.79. The SMILES string of the molecule is CCC(C)(CC(C)(C)C)N=C=O. The van der Waals surface area contributed by atoms with Crippen molar-refractivity contribution in [1.82, 2.24) is 0 Å². The molecule has 0 aliphatic rings. The number of hydrogen-bond acceptors (Lipinski definition) is 2. The molecule has 70 valence electrons. The summed E-state index contributed by atoms with van der Waals surface area (Å²) >= 11 is 0. The molecule has 0 aromatic carbocycles. The standard InChI is InChI=1S/C10H19NO/c1-6-10(5,11-8-12)7-9(2,3)4/h6-7H2,1-5H3. The van der Waals surface area contributed by atoms with Crippen LogP contribution in [-0.2, 0) is 4.79 Å². The number of hydrogen-bond donors (Lipinski definition) is 0. The Bertz CT molecular complexity index is 187. The molecule has 12 heavy (non-hydrogen) atoms. The van der Waals surface area contributed by atoms with Gasteiger partial charge in [0.05, 0.1) is 5.54 Å². The summed E-state index contributed by atoms with van der Waals surface area (Å²) < 4.78 is 0. The third-order valence-electron chi connectivity index (χ3n) is 1.99. The Morgan fingerprint density at radius 1 is 1.25 bits per heavy atom. The third-order valence-corrected chi connectivity index (χ3v) is 1.99. The van der Waals surface area contributed by atoms with Crippen LogP contribution in [0.4, 0.5) is 0 Å². The topological polar surface area (TPSA) is 29.4 Å². The Balaban J connectivity index is 4.44. The number of nitrogens with zero attached hydrogens (tertiary/aromatic N) is 1. The summed E-state index contributed by atoms with van der Waals surface area (Å²) in [6.45, 7) is 10.5. The fraction of sp³-hybridized carbons (Fsp3) is 0.900. The minimum atomic E-state index is -0.222. The van der Waals surface area contributed by atoms with Crippen molar-refractivity contribution in [3.8, 4) is 0 Å². The van der Waals surface area contributed by atoms with Gasteiger partial charge >= 0.3 is 0 Å². The average Bonchev–Trinajstić information content (AvgIpc) is 1.84. The van der Waals surface area contributed by atoms with E-state index in [0.717, 1.165) is 12.8 Å². The van der Waals surface area contributed by atoms with Gasteiger partial charge in [-0.3, -0.25) is 0 Å². The maximum atomic E-state index is 10.2. The first-order chi connectivity index (χ1) is 5.33. The fourth-order valence-corrected chi connectivity index (χ4v) is 1.50. The fourth-order valence-electron chi connectivity index (χ4n) is 1.50. The van der Waals surface area contributed by atoms with E-state index in [9.17, 15) is 4.79 Å². The van der Waals surface area contributed by atoms with Crippen LogP contribution in [0.3, 0.4) is 0 Å². The van der Waals surface area contributed by atoms with Gasteiger partial charge in [0.1, 0.15) is 0 Å². The number of rotatable bonds is 3. The van der Waals surface area contributed by atoms with E-state index >= 15 is 0 Å². The summed E-state index contributed by atoms with van der Waals surface area (Å²) in [6, 6.07) is 0. The van der Waals surface area contributed by atoms with Crippen molar-refractivity contribution < 1.29 is 4.79 Å². The van der Waals surface area contributed by atoms with Crippen LogP contribution in [0.2, 0.25) is 0 Å². The second-order valence-electron chi connectivity index (χ2n) is 4.79. The number of carbonyl (C=O) groups excluding carboxylic acids is 1. The lowest BCUT2D eigenvalue weighted by molar-refractivity contribution is 0.266. The summed E-state index contributed by atoms with van der Waals surface area (Å²) in [5.74, 6) is 0. The van der Waals surface area contributed by atoms with Crippen LogP contribution >= 0.6 is 0 Å². The predicted octanol–water partition coefficient (Wildman–Crippen LogP) is 2.93. The molecule has 0 radical (unpaired) electrons. The molecule has 0 N–H and O–H groups in total. The van der Waals surface area contributed by atoms with Crippen LogP contribution in [0.1, 0.15) is 47.5 Å².